The number of para-hydroxylation sites is 1. The molecule has 250 valence electrons. The molecule has 0 bridgehead atoms. The van der Waals surface area contributed by atoms with E-state index < -0.39 is 17.1 Å². The van der Waals surface area contributed by atoms with Gasteiger partial charge in [0, 0.05) is 37.7 Å². The standard InChI is InChI=1S/C36H30Cl2N4O5S2/c1-21(33(43)42-36-41-30(20-48-36)27-17-12-24(37)19-28(27)38)49-26-15-13-25(14-16-26)39-35(45)29(40-34(44)22-8-5-4-6-9-22)18-23-10-7-11-31(46-2)32(23)47-3/h4-21H,1-3H3,(H,39,45)(H,40,44)(H,41,42,43)/b29-18-. The molecule has 13 heteroatoms. The van der Waals surface area contributed by atoms with Crippen molar-refractivity contribution < 1.29 is 23.9 Å². The van der Waals surface area contributed by atoms with Gasteiger partial charge in [-0.2, -0.15) is 0 Å². The Hall–Kier alpha value is -4.81. The summed E-state index contributed by atoms with van der Waals surface area (Å²) in [5.74, 6) is -0.344. The third-order valence-corrected chi connectivity index (χ3v) is 9.42. The molecule has 1 unspecified atom stereocenters. The zero-order valence-electron chi connectivity index (χ0n) is 26.5. The molecule has 0 aliphatic rings. The van der Waals surface area contributed by atoms with E-state index in [0.29, 0.717) is 49.2 Å². The van der Waals surface area contributed by atoms with Crippen molar-refractivity contribution in [3.05, 3.63) is 123 Å². The summed E-state index contributed by atoms with van der Waals surface area (Å²) in [6, 6.07) is 26.0. The molecule has 49 heavy (non-hydrogen) atoms. The largest absolute Gasteiger partial charge is 0.493 e. The second kappa shape index (κ2) is 16.5. The van der Waals surface area contributed by atoms with E-state index in [4.69, 9.17) is 32.7 Å². The monoisotopic (exact) mass is 732 g/mol. The van der Waals surface area contributed by atoms with Gasteiger partial charge in [-0.05, 0) is 73.7 Å². The van der Waals surface area contributed by atoms with Crippen LogP contribution >= 0.6 is 46.3 Å². The van der Waals surface area contributed by atoms with Crippen molar-refractivity contribution in [1.29, 1.82) is 0 Å². The Labute approximate surface area is 301 Å². The number of amides is 3. The van der Waals surface area contributed by atoms with Gasteiger partial charge in [-0.3, -0.25) is 14.4 Å². The molecule has 0 spiro atoms. The average molecular weight is 734 g/mol. The van der Waals surface area contributed by atoms with Crippen molar-refractivity contribution in [3.63, 3.8) is 0 Å². The summed E-state index contributed by atoms with van der Waals surface area (Å²) in [7, 11) is 3.01. The lowest BCUT2D eigenvalue weighted by Crippen LogP contribution is -2.30. The summed E-state index contributed by atoms with van der Waals surface area (Å²) in [5, 5.41) is 11.2. The molecule has 5 aromatic rings. The number of hydrogen-bond donors (Lipinski definition) is 3. The molecule has 0 aliphatic heterocycles. The highest BCUT2D eigenvalue weighted by Gasteiger charge is 2.19. The second-order valence-corrected chi connectivity index (χ2v) is 13.5. The molecular formula is C36H30Cl2N4O5S2. The summed E-state index contributed by atoms with van der Waals surface area (Å²) < 4.78 is 10.9. The number of methoxy groups -OCH3 is 2. The van der Waals surface area contributed by atoms with Crippen LogP contribution in [0.5, 0.6) is 11.5 Å². The van der Waals surface area contributed by atoms with Gasteiger partial charge in [0.15, 0.2) is 16.6 Å². The van der Waals surface area contributed by atoms with Crippen molar-refractivity contribution in [2.45, 2.75) is 17.1 Å². The predicted octanol–water partition coefficient (Wildman–Crippen LogP) is 8.66. The molecule has 3 amide bonds. The summed E-state index contributed by atoms with van der Waals surface area (Å²) in [5.41, 5.74) is 2.76. The van der Waals surface area contributed by atoms with E-state index in [2.05, 4.69) is 20.9 Å². The molecule has 1 heterocycles. The van der Waals surface area contributed by atoms with Crippen molar-refractivity contribution in [1.82, 2.24) is 10.3 Å². The lowest BCUT2D eigenvalue weighted by molar-refractivity contribution is -0.115. The number of carbonyl (C=O) groups excluding carboxylic acids is 3. The molecule has 3 N–H and O–H groups in total. The van der Waals surface area contributed by atoms with Gasteiger partial charge in [0.25, 0.3) is 11.8 Å². The first-order valence-electron chi connectivity index (χ1n) is 14.7. The topological polar surface area (TPSA) is 119 Å². The Bertz CT molecular complexity index is 2000. The molecule has 4 aromatic carbocycles. The van der Waals surface area contributed by atoms with Gasteiger partial charge in [-0.25, -0.2) is 4.98 Å². The maximum atomic E-state index is 13.5. The molecule has 0 aliphatic carbocycles. The van der Waals surface area contributed by atoms with Crippen molar-refractivity contribution in [3.8, 4) is 22.8 Å². The maximum absolute atomic E-state index is 13.5. The van der Waals surface area contributed by atoms with E-state index in [0.717, 1.165) is 10.5 Å². The minimum absolute atomic E-state index is 0.00664. The number of ether oxygens (including phenoxy) is 2. The lowest BCUT2D eigenvalue weighted by atomic mass is 10.1. The van der Waals surface area contributed by atoms with Crippen LogP contribution in [0.4, 0.5) is 10.8 Å². The number of nitrogens with one attached hydrogen (secondary N) is 3. The fraction of sp³-hybridized carbons (Fsp3) is 0.111. The number of nitrogens with zero attached hydrogens (tertiary/aromatic N) is 1. The predicted molar refractivity (Wildman–Crippen MR) is 198 cm³/mol. The molecule has 0 fully saturated rings. The number of benzene rings is 4. The minimum atomic E-state index is -0.551. The summed E-state index contributed by atoms with van der Waals surface area (Å²) in [4.78, 5) is 44.9. The van der Waals surface area contributed by atoms with Gasteiger partial charge in [0.2, 0.25) is 5.91 Å². The van der Waals surface area contributed by atoms with Crippen LogP contribution in [0, 0.1) is 0 Å². The number of rotatable bonds is 12. The first kappa shape index (κ1) is 35.5. The normalized spacial score (nSPS) is 11.7. The molecule has 1 aromatic heterocycles. The molecule has 9 nitrogen and oxygen atoms in total. The smallest absolute Gasteiger partial charge is 0.272 e. The van der Waals surface area contributed by atoms with Crippen LogP contribution in [0.1, 0.15) is 22.8 Å². The van der Waals surface area contributed by atoms with Crippen molar-refractivity contribution in [2.24, 2.45) is 0 Å². The third kappa shape index (κ3) is 9.21. The van der Waals surface area contributed by atoms with Gasteiger partial charge in [-0.15, -0.1) is 23.1 Å². The summed E-state index contributed by atoms with van der Waals surface area (Å²) in [6.07, 6.45) is 1.53. The number of thioether (sulfide) groups is 1. The van der Waals surface area contributed by atoms with Crippen LogP contribution in [0.15, 0.2) is 107 Å². The van der Waals surface area contributed by atoms with Gasteiger partial charge in [0.1, 0.15) is 5.70 Å². The number of thiazole rings is 1. The average Bonchev–Trinajstić information content (AvgIpc) is 3.56. The first-order valence-corrected chi connectivity index (χ1v) is 17.3. The van der Waals surface area contributed by atoms with Gasteiger partial charge >= 0.3 is 0 Å². The molecular weight excluding hydrogens is 703 g/mol. The number of halogens is 2. The lowest BCUT2D eigenvalue weighted by Gasteiger charge is -2.14. The number of hydrogen-bond acceptors (Lipinski definition) is 8. The van der Waals surface area contributed by atoms with Crippen molar-refractivity contribution >= 4 is 80.9 Å². The van der Waals surface area contributed by atoms with Crippen LogP contribution in [-0.4, -0.2) is 42.2 Å². The Morgan fingerprint density at radius 3 is 2.35 bits per heavy atom. The minimum Gasteiger partial charge on any atom is -0.493 e. The highest BCUT2D eigenvalue weighted by atomic mass is 35.5. The fourth-order valence-corrected chi connectivity index (χ4v) is 6.64. The van der Waals surface area contributed by atoms with Crippen LogP contribution in [0.2, 0.25) is 10.0 Å². The molecule has 5 rings (SSSR count). The third-order valence-electron chi connectivity index (χ3n) is 7.00. The van der Waals surface area contributed by atoms with Crippen molar-refractivity contribution in [2.75, 3.05) is 24.9 Å². The van der Waals surface area contributed by atoms with Gasteiger partial charge < -0.3 is 25.4 Å². The van der Waals surface area contributed by atoms with Crippen LogP contribution in [-0.2, 0) is 9.59 Å². The van der Waals surface area contributed by atoms with Gasteiger partial charge in [-0.1, -0.05) is 53.5 Å². The van der Waals surface area contributed by atoms with E-state index in [1.54, 1.807) is 97.9 Å². The SMILES string of the molecule is COc1cccc(/C=C(\NC(=O)c2ccccc2)C(=O)Nc2ccc(SC(C)C(=O)Nc3nc(-c4ccc(Cl)cc4Cl)cs3)cc2)c1OC. The van der Waals surface area contributed by atoms with E-state index in [1.807, 2.05) is 5.38 Å². The Morgan fingerprint density at radius 2 is 1.65 bits per heavy atom. The van der Waals surface area contributed by atoms with Crippen LogP contribution < -0.4 is 25.4 Å². The van der Waals surface area contributed by atoms with Crippen LogP contribution in [0.25, 0.3) is 17.3 Å². The maximum Gasteiger partial charge on any atom is 0.272 e. The number of aromatic nitrogens is 1. The van der Waals surface area contributed by atoms with E-state index >= 15 is 0 Å². The molecule has 0 saturated carbocycles. The highest BCUT2D eigenvalue weighted by Crippen LogP contribution is 2.34. The molecule has 1 atom stereocenters. The van der Waals surface area contributed by atoms with Gasteiger partial charge in [0.05, 0.1) is 30.2 Å². The van der Waals surface area contributed by atoms with Crippen LogP contribution in [0.3, 0.4) is 0 Å². The van der Waals surface area contributed by atoms with E-state index in [-0.39, 0.29) is 11.6 Å². The Morgan fingerprint density at radius 1 is 0.898 bits per heavy atom. The Kier molecular flexibility index (Phi) is 12.0. The van der Waals surface area contributed by atoms with E-state index in [1.165, 1.54) is 43.4 Å². The van der Waals surface area contributed by atoms with E-state index in [9.17, 15) is 14.4 Å². The zero-order chi connectivity index (χ0) is 34.9. The first-order chi connectivity index (χ1) is 23.6. The molecule has 0 saturated heterocycles. The molecule has 0 radical (unpaired) electrons. The highest BCUT2D eigenvalue weighted by molar-refractivity contribution is 8.00. The fourth-order valence-electron chi connectivity index (χ4n) is 4.56. The quantitative estimate of drug-likeness (QED) is 0.0868. The Balaban J connectivity index is 1.25. The number of carbonyl (C=O) groups is 3. The zero-order valence-corrected chi connectivity index (χ0v) is 29.6. The summed E-state index contributed by atoms with van der Waals surface area (Å²) in [6.45, 7) is 1.79. The second-order valence-electron chi connectivity index (χ2n) is 10.4. The number of anilines is 2. The summed E-state index contributed by atoms with van der Waals surface area (Å²) >= 11 is 15.0.